The van der Waals surface area contributed by atoms with E-state index in [0.717, 1.165) is 10.5 Å². The van der Waals surface area contributed by atoms with Crippen molar-refractivity contribution in [2.45, 2.75) is 33.5 Å². The van der Waals surface area contributed by atoms with Crippen molar-refractivity contribution in [2.24, 2.45) is 0 Å². The monoisotopic (exact) mass is 374 g/mol. The van der Waals surface area contributed by atoms with Crippen LogP contribution in [0, 0.1) is 6.92 Å². The maximum Gasteiger partial charge on any atom is 0.322 e. The molecule has 0 heterocycles. The molecular weight excluding hydrogens is 348 g/mol. The van der Waals surface area contributed by atoms with Crippen LogP contribution in [0.1, 0.15) is 25.8 Å². The first kappa shape index (κ1) is 21.4. The molecule has 1 aromatic rings. The lowest BCUT2D eigenvalue weighted by Crippen LogP contribution is -2.40. The highest BCUT2D eigenvalue weighted by molar-refractivity contribution is 7.85. The van der Waals surface area contributed by atoms with Crippen molar-refractivity contribution < 1.29 is 27.2 Å². The van der Waals surface area contributed by atoms with Crippen molar-refractivity contribution in [1.82, 2.24) is 4.90 Å². The van der Waals surface area contributed by atoms with Gasteiger partial charge in [0.05, 0.1) is 0 Å². The van der Waals surface area contributed by atoms with Gasteiger partial charge in [-0.1, -0.05) is 12.1 Å². The summed E-state index contributed by atoms with van der Waals surface area (Å²) in [7, 11) is -4.36. The lowest BCUT2D eigenvalue weighted by molar-refractivity contribution is -0.140. The molecule has 8 nitrogen and oxygen atoms in total. The van der Waals surface area contributed by atoms with Crippen LogP contribution in [0.2, 0.25) is 0 Å². The Kier molecular flexibility index (Phi) is 8.84. The van der Waals surface area contributed by atoms with E-state index >= 15 is 0 Å². The smallest absolute Gasteiger partial charge is 0.322 e. The standard InChI is InChI=1S/C16H26N2O6S/c1-4-23-15(24-5-2)9-10-18(12-25(20,21)22)16(19)17-14-8-6-7-13(3)11-14/h6-8,11,15H,4-5,9-10,12H2,1-3H3,(H,17,19)(H,20,21,22). The lowest BCUT2D eigenvalue weighted by atomic mass is 10.2. The molecule has 2 N–H and O–H groups in total. The van der Waals surface area contributed by atoms with Crippen LogP contribution in [0.4, 0.5) is 10.5 Å². The Morgan fingerprint density at radius 3 is 2.44 bits per heavy atom. The SMILES string of the molecule is CCOC(CCN(CS(=O)(=O)O)C(=O)Nc1cccc(C)c1)OCC. The quantitative estimate of drug-likeness (QED) is 0.481. The van der Waals surface area contributed by atoms with Gasteiger partial charge in [-0.3, -0.25) is 4.55 Å². The predicted molar refractivity (Wildman–Crippen MR) is 95.0 cm³/mol. The average Bonchev–Trinajstić information content (AvgIpc) is 2.50. The third kappa shape index (κ3) is 8.82. The van der Waals surface area contributed by atoms with Gasteiger partial charge in [0, 0.05) is 31.9 Å². The second-order valence-electron chi connectivity index (χ2n) is 5.40. The molecule has 0 fully saturated rings. The van der Waals surface area contributed by atoms with Crippen LogP contribution in [-0.2, 0) is 19.6 Å². The maximum absolute atomic E-state index is 12.4. The number of hydrogen-bond donors (Lipinski definition) is 2. The highest BCUT2D eigenvalue weighted by Gasteiger charge is 2.21. The van der Waals surface area contributed by atoms with Crippen LogP contribution in [-0.4, -0.2) is 55.8 Å². The molecule has 0 saturated carbocycles. The zero-order valence-electron chi connectivity index (χ0n) is 14.8. The molecule has 0 unspecified atom stereocenters. The second-order valence-corrected chi connectivity index (χ2v) is 6.83. The van der Waals surface area contributed by atoms with Crippen molar-refractivity contribution in [3.8, 4) is 0 Å². The largest absolute Gasteiger partial charge is 0.353 e. The summed E-state index contributed by atoms with van der Waals surface area (Å²) in [4.78, 5) is 13.4. The summed E-state index contributed by atoms with van der Waals surface area (Å²) in [5, 5.41) is 2.62. The normalized spacial score (nSPS) is 11.6. The lowest BCUT2D eigenvalue weighted by Gasteiger charge is -2.24. The summed E-state index contributed by atoms with van der Waals surface area (Å²) in [6.07, 6.45) is -0.274. The molecule has 1 aromatic carbocycles. The molecule has 0 radical (unpaired) electrons. The molecular formula is C16H26N2O6S. The van der Waals surface area contributed by atoms with E-state index in [1.54, 1.807) is 18.2 Å². The summed E-state index contributed by atoms with van der Waals surface area (Å²) in [5.74, 6) is -0.810. The van der Waals surface area contributed by atoms with Gasteiger partial charge in [0.2, 0.25) is 0 Å². The number of benzene rings is 1. The zero-order chi connectivity index (χ0) is 18.9. The summed E-state index contributed by atoms with van der Waals surface area (Å²) in [6.45, 7) is 6.40. The van der Waals surface area contributed by atoms with E-state index in [1.807, 2.05) is 26.8 Å². The van der Waals surface area contributed by atoms with Crippen molar-refractivity contribution in [3.63, 3.8) is 0 Å². The number of aryl methyl sites for hydroxylation is 1. The number of amides is 2. The van der Waals surface area contributed by atoms with Gasteiger partial charge in [-0.15, -0.1) is 0 Å². The minimum absolute atomic E-state index is 0.0438. The minimum Gasteiger partial charge on any atom is -0.353 e. The summed E-state index contributed by atoms with van der Waals surface area (Å²) in [5.41, 5.74) is 1.49. The fourth-order valence-electron chi connectivity index (χ4n) is 2.19. The first-order valence-corrected chi connectivity index (χ1v) is 9.67. The van der Waals surface area contributed by atoms with Crippen LogP contribution in [0.25, 0.3) is 0 Å². The number of ether oxygens (including phenoxy) is 2. The number of carbonyl (C=O) groups excluding carboxylic acids is 1. The Bertz CT molecular complexity index is 644. The van der Waals surface area contributed by atoms with Crippen molar-refractivity contribution >= 4 is 21.8 Å². The summed E-state index contributed by atoms with van der Waals surface area (Å²) < 4.78 is 42.3. The molecule has 0 aliphatic carbocycles. The summed E-state index contributed by atoms with van der Waals surface area (Å²) >= 11 is 0. The summed E-state index contributed by atoms with van der Waals surface area (Å²) in [6, 6.07) is 6.47. The van der Waals surface area contributed by atoms with Gasteiger partial charge >= 0.3 is 6.03 Å². The topological polar surface area (TPSA) is 105 Å². The third-order valence-electron chi connectivity index (χ3n) is 3.22. The third-order valence-corrected chi connectivity index (χ3v) is 3.85. The fraction of sp³-hybridized carbons (Fsp3) is 0.562. The molecule has 0 aliphatic rings. The van der Waals surface area contributed by atoms with Gasteiger partial charge < -0.3 is 19.7 Å². The number of nitrogens with zero attached hydrogens (tertiary/aromatic N) is 1. The molecule has 142 valence electrons. The highest BCUT2D eigenvalue weighted by Crippen LogP contribution is 2.12. The Morgan fingerprint density at radius 2 is 1.92 bits per heavy atom. The number of hydrogen-bond acceptors (Lipinski definition) is 5. The highest BCUT2D eigenvalue weighted by atomic mass is 32.2. The Labute approximate surface area is 148 Å². The average molecular weight is 374 g/mol. The van der Waals surface area contributed by atoms with E-state index < -0.39 is 28.3 Å². The van der Waals surface area contributed by atoms with Gasteiger partial charge in [0.15, 0.2) is 6.29 Å². The zero-order valence-corrected chi connectivity index (χ0v) is 15.6. The molecule has 0 saturated heterocycles. The van der Waals surface area contributed by atoms with Gasteiger partial charge in [-0.05, 0) is 38.5 Å². The molecule has 0 bridgehead atoms. The van der Waals surface area contributed by atoms with E-state index in [4.69, 9.17) is 14.0 Å². The van der Waals surface area contributed by atoms with Gasteiger partial charge in [-0.25, -0.2) is 4.79 Å². The molecule has 0 spiro atoms. The number of carbonyl (C=O) groups is 1. The predicted octanol–water partition coefficient (Wildman–Crippen LogP) is 2.46. The van der Waals surface area contributed by atoms with Crippen LogP contribution in [0.5, 0.6) is 0 Å². The molecule has 0 atom stereocenters. The first-order chi connectivity index (χ1) is 11.7. The Hall–Kier alpha value is -1.68. The number of urea groups is 1. The molecule has 0 aromatic heterocycles. The van der Waals surface area contributed by atoms with E-state index in [1.165, 1.54) is 0 Å². The Balaban J connectivity index is 2.79. The van der Waals surface area contributed by atoms with E-state index in [2.05, 4.69) is 5.32 Å². The maximum atomic E-state index is 12.4. The second kappa shape index (κ2) is 10.3. The molecule has 0 aliphatic heterocycles. The van der Waals surface area contributed by atoms with Crippen molar-refractivity contribution in [2.75, 3.05) is 31.0 Å². The van der Waals surface area contributed by atoms with Crippen molar-refractivity contribution in [1.29, 1.82) is 0 Å². The van der Waals surface area contributed by atoms with Gasteiger partial charge in [0.25, 0.3) is 10.1 Å². The molecule has 2 amide bonds. The Morgan fingerprint density at radius 1 is 1.28 bits per heavy atom. The molecule has 25 heavy (non-hydrogen) atoms. The van der Waals surface area contributed by atoms with Crippen LogP contribution >= 0.6 is 0 Å². The fourth-order valence-corrected chi connectivity index (χ4v) is 2.84. The van der Waals surface area contributed by atoms with Crippen LogP contribution in [0.15, 0.2) is 24.3 Å². The number of anilines is 1. The van der Waals surface area contributed by atoms with Crippen LogP contribution in [0.3, 0.4) is 0 Å². The van der Waals surface area contributed by atoms with E-state index in [0.29, 0.717) is 18.9 Å². The number of nitrogens with one attached hydrogen (secondary N) is 1. The van der Waals surface area contributed by atoms with Gasteiger partial charge in [0.1, 0.15) is 5.88 Å². The van der Waals surface area contributed by atoms with E-state index in [-0.39, 0.29) is 13.0 Å². The first-order valence-electron chi connectivity index (χ1n) is 8.06. The minimum atomic E-state index is -4.36. The van der Waals surface area contributed by atoms with Crippen molar-refractivity contribution in [3.05, 3.63) is 29.8 Å². The van der Waals surface area contributed by atoms with Crippen LogP contribution < -0.4 is 5.32 Å². The molecule has 1 rings (SSSR count). The van der Waals surface area contributed by atoms with E-state index in [9.17, 15) is 13.2 Å². The number of rotatable bonds is 10. The van der Waals surface area contributed by atoms with Gasteiger partial charge in [-0.2, -0.15) is 8.42 Å². The molecule has 9 heteroatoms.